The Bertz CT molecular complexity index is 171. The van der Waals surface area contributed by atoms with Gasteiger partial charge in [0.2, 0.25) is 6.41 Å². The predicted octanol–water partition coefficient (Wildman–Crippen LogP) is -0.221. The maximum Gasteiger partial charge on any atom is 0.210 e. The van der Waals surface area contributed by atoms with Crippen LogP contribution in [0.4, 0.5) is 0 Å². The molecule has 2 heterocycles. The van der Waals surface area contributed by atoms with Gasteiger partial charge in [-0.3, -0.25) is 4.79 Å². The maximum absolute atomic E-state index is 10.5. The van der Waals surface area contributed by atoms with E-state index in [9.17, 15) is 4.79 Å². The standard InChI is InChI=1S/C8H14N2O/c1-9-3-2-7-4-10(6-11)8(7)5-9/h6-8H,2-5H2,1H3. The summed E-state index contributed by atoms with van der Waals surface area (Å²) in [5.74, 6) is 0.802. The van der Waals surface area contributed by atoms with Gasteiger partial charge in [-0.15, -0.1) is 0 Å². The van der Waals surface area contributed by atoms with Crippen molar-refractivity contribution in [2.24, 2.45) is 5.92 Å². The number of hydrogen-bond acceptors (Lipinski definition) is 2. The molecule has 0 aromatic heterocycles. The zero-order chi connectivity index (χ0) is 7.84. The van der Waals surface area contributed by atoms with Crippen LogP contribution in [0.25, 0.3) is 0 Å². The normalized spacial score (nSPS) is 37.7. The molecule has 2 aliphatic rings. The molecule has 0 spiro atoms. The average molecular weight is 154 g/mol. The van der Waals surface area contributed by atoms with Crippen LogP contribution in [0, 0.1) is 5.92 Å². The monoisotopic (exact) mass is 154 g/mol. The highest BCUT2D eigenvalue weighted by molar-refractivity contribution is 5.50. The molecular formula is C8H14N2O. The van der Waals surface area contributed by atoms with Gasteiger partial charge in [0, 0.05) is 19.1 Å². The molecule has 0 radical (unpaired) electrons. The number of carbonyl (C=O) groups is 1. The second kappa shape index (κ2) is 2.48. The van der Waals surface area contributed by atoms with Crippen molar-refractivity contribution in [3.8, 4) is 0 Å². The number of fused-ring (bicyclic) bond motifs is 1. The predicted molar refractivity (Wildman–Crippen MR) is 42.2 cm³/mol. The van der Waals surface area contributed by atoms with Crippen molar-refractivity contribution < 1.29 is 4.79 Å². The number of carbonyl (C=O) groups excluding carboxylic acids is 1. The molecule has 2 aliphatic heterocycles. The molecule has 0 aromatic rings. The van der Waals surface area contributed by atoms with Crippen LogP contribution in [0.15, 0.2) is 0 Å². The largest absolute Gasteiger partial charge is 0.340 e. The lowest BCUT2D eigenvalue weighted by Crippen LogP contribution is -2.62. The van der Waals surface area contributed by atoms with E-state index in [4.69, 9.17) is 0 Å². The molecule has 3 nitrogen and oxygen atoms in total. The summed E-state index contributed by atoms with van der Waals surface area (Å²) < 4.78 is 0. The molecule has 0 aromatic carbocycles. The smallest absolute Gasteiger partial charge is 0.210 e. The summed E-state index contributed by atoms with van der Waals surface area (Å²) in [4.78, 5) is 14.7. The van der Waals surface area contributed by atoms with E-state index in [0.717, 1.165) is 25.4 Å². The molecule has 0 N–H and O–H groups in total. The van der Waals surface area contributed by atoms with Gasteiger partial charge in [0.05, 0.1) is 0 Å². The minimum Gasteiger partial charge on any atom is -0.340 e. The molecule has 0 saturated carbocycles. The number of piperidine rings is 1. The summed E-state index contributed by atoms with van der Waals surface area (Å²) in [6.07, 6.45) is 2.26. The Balaban J connectivity index is 1.95. The van der Waals surface area contributed by atoms with Crippen molar-refractivity contribution in [3.05, 3.63) is 0 Å². The zero-order valence-electron chi connectivity index (χ0n) is 6.86. The molecule has 3 heteroatoms. The Kier molecular flexibility index (Phi) is 1.60. The highest BCUT2D eigenvalue weighted by Crippen LogP contribution is 2.30. The average Bonchev–Trinajstić information content (AvgIpc) is 1.97. The zero-order valence-corrected chi connectivity index (χ0v) is 6.86. The topological polar surface area (TPSA) is 23.6 Å². The van der Waals surface area contributed by atoms with Gasteiger partial charge >= 0.3 is 0 Å². The van der Waals surface area contributed by atoms with Gasteiger partial charge in [0.25, 0.3) is 0 Å². The quantitative estimate of drug-likeness (QED) is 0.487. The first-order valence-corrected chi connectivity index (χ1v) is 4.21. The minimum atomic E-state index is 0.534. The van der Waals surface area contributed by atoms with Crippen LogP contribution in [0.2, 0.25) is 0 Å². The SMILES string of the molecule is CN1CCC2CN(C=O)C2C1. The van der Waals surface area contributed by atoms with Crippen molar-refractivity contribution in [3.63, 3.8) is 0 Å². The van der Waals surface area contributed by atoms with Crippen LogP contribution in [0.3, 0.4) is 0 Å². The molecule has 2 saturated heterocycles. The Morgan fingerprint density at radius 2 is 2.27 bits per heavy atom. The molecule has 2 unspecified atom stereocenters. The van der Waals surface area contributed by atoms with Crippen molar-refractivity contribution in [2.75, 3.05) is 26.7 Å². The lowest BCUT2D eigenvalue weighted by Gasteiger charge is -2.51. The molecule has 0 bridgehead atoms. The molecule has 2 atom stereocenters. The van der Waals surface area contributed by atoms with Crippen molar-refractivity contribution in [1.29, 1.82) is 0 Å². The summed E-state index contributed by atoms with van der Waals surface area (Å²) in [6, 6.07) is 0.534. The highest BCUT2D eigenvalue weighted by atomic mass is 16.1. The molecule has 2 rings (SSSR count). The fourth-order valence-electron chi connectivity index (χ4n) is 2.12. The first kappa shape index (κ1) is 7.10. The molecule has 11 heavy (non-hydrogen) atoms. The third kappa shape index (κ3) is 1.03. The Morgan fingerprint density at radius 3 is 3.00 bits per heavy atom. The number of likely N-dealkylation sites (N-methyl/N-ethyl adjacent to an activating group) is 1. The van der Waals surface area contributed by atoms with E-state index < -0.39 is 0 Å². The summed E-state index contributed by atoms with van der Waals surface area (Å²) >= 11 is 0. The summed E-state index contributed by atoms with van der Waals surface area (Å²) in [5, 5.41) is 0. The molecule has 0 aliphatic carbocycles. The van der Waals surface area contributed by atoms with Crippen LogP contribution in [-0.4, -0.2) is 48.9 Å². The molecule has 1 amide bonds. The van der Waals surface area contributed by atoms with E-state index in [1.807, 2.05) is 4.90 Å². The number of amides is 1. The van der Waals surface area contributed by atoms with Crippen LogP contribution >= 0.6 is 0 Å². The number of hydrogen-bond donors (Lipinski definition) is 0. The summed E-state index contributed by atoms with van der Waals surface area (Å²) in [6.45, 7) is 3.28. The van der Waals surface area contributed by atoms with Crippen LogP contribution in [-0.2, 0) is 4.79 Å². The molecular weight excluding hydrogens is 140 g/mol. The van der Waals surface area contributed by atoms with Crippen molar-refractivity contribution in [1.82, 2.24) is 9.80 Å². The third-order valence-electron chi connectivity index (χ3n) is 2.93. The van der Waals surface area contributed by atoms with Gasteiger partial charge < -0.3 is 9.80 Å². The van der Waals surface area contributed by atoms with Crippen LogP contribution < -0.4 is 0 Å². The Morgan fingerprint density at radius 1 is 1.45 bits per heavy atom. The first-order valence-electron chi connectivity index (χ1n) is 4.21. The van der Waals surface area contributed by atoms with Gasteiger partial charge in [-0.05, 0) is 25.9 Å². The van der Waals surface area contributed by atoms with E-state index in [-0.39, 0.29) is 0 Å². The number of rotatable bonds is 1. The lowest BCUT2D eigenvalue weighted by atomic mass is 9.83. The second-order valence-corrected chi connectivity index (χ2v) is 3.68. The van der Waals surface area contributed by atoms with Gasteiger partial charge in [0.15, 0.2) is 0 Å². The fraction of sp³-hybridized carbons (Fsp3) is 0.875. The van der Waals surface area contributed by atoms with Gasteiger partial charge in [0.1, 0.15) is 0 Å². The fourth-order valence-corrected chi connectivity index (χ4v) is 2.12. The van der Waals surface area contributed by atoms with Gasteiger partial charge in [-0.25, -0.2) is 0 Å². The Hall–Kier alpha value is -0.570. The van der Waals surface area contributed by atoms with E-state index >= 15 is 0 Å². The third-order valence-corrected chi connectivity index (χ3v) is 2.93. The van der Waals surface area contributed by atoms with Gasteiger partial charge in [-0.1, -0.05) is 0 Å². The number of likely N-dealkylation sites (tertiary alicyclic amines) is 2. The van der Waals surface area contributed by atoms with Crippen molar-refractivity contribution >= 4 is 6.41 Å². The van der Waals surface area contributed by atoms with E-state index in [2.05, 4.69) is 11.9 Å². The van der Waals surface area contributed by atoms with Crippen LogP contribution in [0.1, 0.15) is 6.42 Å². The number of nitrogens with zero attached hydrogens (tertiary/aromatic N) is 2. The second-order valence-electron chi connectivity index (χ2n) is 3.68. The van der Waals surface area contributed by atoms with Crippen LogP contribution in [0.5, 0.6) is 0 Å². The van der Waals surface area contributed by atoms with E-state index in [0.29, 0.717) is 6.04 Å². The van der Waals surface area contributed by atoms with Gasteiger partial charge in [-0.2, -0.15) is 0 Å². The summed E-state index contributed by atoms with van der Waals surface area (Å²) in [5.41, 5.74) is 0. The van der Waals surface area contributed by atoms with Crippen molar-refractivity contribution in [2.45, 2.75) is 12.5 Å². The highest BCUT2D eigenvalue weighted by Gasteiger charge is 2.40. The summed E-state index contributed by atoms with van der Waals surface area (Å²) in [7, 11) is 2.12. The first-order chi connectivity index (χ1) is 5.31. The van der Waals surface area contributed by atoms with E-state index in [1.54, 1.807) is 0 Å². The lowest BCUT2D eigenvalue weighted by molar-refractivity contribution is -0.133. The maximum atomic E-state index is 10.5. The van der Waals surface area contributed by atoms with E-state index in [1.165, 1.54) is 13.0 Å². The minimum absolute atomic E-state index is 0.534. The Labute approximate surface area is 67.0 Å². The molecule has 2 fully saturated rings. The molecule has 62 valence electrons.